The Hall–Kier alpha value is -2.16. The van der Waals surface area contributed by atoms with Crippen molar-refractivity contribution in [1.82, 2.24) is 4.98 Å². The van der Waals surface area contributed by atoms with Crippen LogP contribution >= 0.6 is 0 Å². The molecule has 18 heavy (non-hydrogen) atoms. The Bertz CT molecular complexity index is 810. The molecule has 0 bridgehead atoms. The number of hydrogen-bond donors (Lipinski definition) is 1. The van der Waals surface area contributed by atoms with Crippen LogP contribution in [0.3, 0.4) is 0 Å². The summed E-state index contributed by atoms with van der Waals surface area (Å²) in [7, 11) is 0. The van der Waals surface area contributed by atoms with Crippen LogP contribution in [0.4, 0.5) is 4.39 Å². The van der Waals surface area contributed by atoms with Crippen molar-refractivity contribution in [3.63, 3.8) is 0 Å². The van der Waals surface area contributed by atoms with E-state index >= 15 is 0 Å². The zero-order chi connectivity index (χ0) is 12.7. The van der Waals surface area contributed by atoms with Gasteiger partial charge in [-0.1, -0.05) is 25.1 Å². The molecule has 0 atom stereocenters. The Kier molecular flexibility index (Phi) is 2.40. The minimum atomic E-state index is -0.249. The summed E-state index contributed by atoms with van der Waals surface area (Å²) in [5.41, 5.74) is 1.14. The second-order valence-electron chi connectivity index (χ2n) is 4.34. The smallest absolute Gasteiger partial charge is 0.256 e. The van der Waals surface area contributed by atoms with E-state index in [0.717, 1.165) is 10.9 Å². The van der Waals surface area contributed by atoms with E-state index in [9.17, 15) is 9.18 Å². The van der Waals surface area contributed by atoms with Crippen LogP contribution in [0.1, 0.15) is 13.9 Å². The van der Waals surface area contributed by atoms with Gasteiger partial charge in [0.05, 0.1) is 0 Å². The van der Waals surface area contributed by atoms with Crippen LogP contribution in [-0.2, 0) is 6.42 Å². The van der Waals surface area contributed by atoms with Crippen LogP contribution in [0, 0.1) is 5.82 Å². The maximum atomic E-state index is 13.9. The van der Waals surface area contributed by atoms with Gasteiger partial charge in [0, 0.05) is 17.7 Å². The van der Waals surface area contributed by atoms with Crippen molar-refractivity contribution in [1.29, 1.82) is 0 Å². The first-order valence-electron chi connectivity index (χ1n) is 5.94. The molecular weight excluding hydrogens is 229 g/mol. The number of pyridine rings is 1. The Morgan fingerprint density at radius 1 is 1.17 bits per heavy atom. The molecule has 0 fully saturated rings. The second kappa shape index (κ2) is 3.95. The van der Waals surface area contributed by atoms with Gasteiger partial charge in [-0.05, 0) is 35.6 Å². The van der Waals surface area contributed by atoms with E-state index in [1.54, 1.807) is 6.07 Å². The predicted octanol–water partition coefficient (Wildman–Crippen LogP) is 3.63. The van der Waals surface area contributed by atoms with Crippen LogP contribution in [0.5, 0.6) is 0 Å². The molecule has 0 unspecified atom stereocenters. The van der Waals surface area contributed by atoms with Gasteiger partial charge in [0.2, 0.25) is 0 Å². The summed E-state index contributed by atoms with van der Waals surface area (Å²) in [6, 6.07) is 10.6. The Morgan fingerprint density at radius 3 is 2.72 bits per heavy atom. The molecule has 0 amide bonds. The fourth-order valence-corrected chi connectivity index (χ4v) is 2.32. The number of benzene rings is 2. The third kappa shape index (κ3) is 1.51. The normalized spacial score (nSPS) is 11.2. The predicted molar refractivity (Wildman–Crippen MR) is 73.5 cm³/mol. The molecule has 1 heterocycles. The minimum absolute atomic E-state index is 0. The minimum Gasteiger partial charge on any atom is -0.321 e. The van der Waals surface area contributed by atoms with Crippen molar-refractivity contribution in [3.8, 4) is 0 Å². The second-order valence-corrected chi connectivity index (χ2v) is 4.34. The van der Waals surface area contributed by atoms with E-state index in [-0.39, 0.29) is 12.8 Å². The highest BCUT2D eigenvalue weighted by Crippen LogP contribution is 2.23. The van der Waals surface area contributed by atoms with Crippen molar-refractivity contribution in [2.24, 2.45) is 0 Å². The molecule has 0 aliphatic heterocycles. The van der Waals surface area contributed by atoms with Gasteiger partial charge in [-0.2, -0.15) is 0 Å². The first kappa shape index (κ1) is 11.0. The molecule has 1 aromatic heterocycles. The van der Waals surface area contributed by atoms with E-state index in [2.05, 4.69) is 4.98 Å². The standard InChI is InChI=1S/C15H12FNO.H2/c1-2-9-7-12-11(8-13(9)16)10-5-3-4-6-14(10)17-15(12)18;/h3-8H,2H2,1H3,(H,17,18);1H. The third-order valence-electron chi connectivity index (χ3n) is 3.28. The first-order valence-corrected chi connectivity index (χ1v) is 5.94. The summed E-state index contributed by atoms with van der Waals surface area (Å²) in [6.45, 7) is 1.87. The molecule has 0 aliphatic carbocycles. The number of hydrogen-bond acceptors (Lipinski definition) is 1. The number of nitrogens with one attached hydrogen (secondary N) is 1. The summed E-state index contributed by atoms with van der Waals surface area (Å²) in [4.78, 5) is 14.8. The molecule has 0 aliphatic rings. The van der Waals surface area contributed by atoms with Crippen LogP contribution < -0.4 is 5.56 Å². The number of H-pyrrole nitrogens is 1. The van der Waals surface area contributed by atoms with Crippen molar-refractivity contribution in [3.05, 3.63) is 58.1 Å². The van der Waals surface area contributed by atoms with E-state index in [1.165, 1.54) is 6.07 Å². The zero-order valence-electron chi connectivity index (χ0n) is 9.96. The molecule has 3 rings (SSSR count). The summed E-state index contributed by atoms with van der Waals surface area (Å²) < 4.78 is 13.9. The van der Waals surface area contributed by atoms with Crippen LogP contribution in [0.25, 0.3) is 21.7 Å². The van der Waals surface area contributed by atoms with Crippen molar-refractivity contribution < 1.29 is 5.82 Å². The van der Waals surface area contributed by atoms with Gasteiger partial charge < -0.3 is 4.98 Å². The molecule has 3 aromatic rings. The average Bonchev–Trinajstić information content (AvgIpc) is 2.38. The maximum Gasteiger partial charge on any atom is 0.256 e. The quantitative estimate of drug-likeness (QED) is 0.650. The number of aromatic amines is 1. The van der Waals surface area contributed by atoms with Crippen molar-refractivity contribution >= 4 is 21.7 Å². The fourth-order valence-electron chi connectivity index (χ4n) is 2.32. The monoisotopic (exact) mass is 243 g/mol. The number of halogens is 1. The van der Waals surface area contributed by atoms with Gasteiger partial charge in [-0.15, -0.1) is 0 Å². The number of aromatic nitrogens is 1. The van der Waals surface area contributed by atoms with Crippen LogP contribution in [-0.4, -0.2) is 4.98 Å². The van der Waals surface area contributed by atoms with Gasteiger partial charge in [-0.3, -0.25) is 4.79 Å². The lowest BCUT2D eigenvalue weighted by molar-refractivity contribution is 0.614. The Morgan fingerprint density at radius 2 is 1.94 bits per heavy atom. The van der Waals surface area contributed by atoms with E-state index in [0.29, 0.717) is 22.8 Å². The third-order valence-corrected chi connectivity index (χ3v) is 3.28. The molecule has 0 radical (unpaired) electrons. The molecule has 0 spiro atoms. The molecular formula is C15H14FNO. The maximum absolute atomic E-state index is 13.9. The number of aryl methyl sites for hydroxylation is 1. The van der Waals surface area contributed by atoms with Gasteiger partial charge in [0.1, 0.15) is 5.82 Å². The van der Waals surface area contributed by atoms with Gasteiger partial charge in [0.15, 0.2) is 0 Å². The molecule has 2 aromatic carbocycles. The van der Waals surface area contributed by atoms with Crippen LogP contribution in [0.15, 0.2) is 41.2 Å². The average molecular weight is 243 g/mol. The Balaban J connectivity index is 0.00000133. The highest BCUT2D eigenvalue weighted by molar-refractivity contribution is 6.05. The van der Waals surface area contributed by atoms with E-state index < -0.39 is 0 Å². The molecule has 0 saturated carbocycles. The first-order chi connectivity index (χ1) is 8.70. The molecule has 92 valence electrons. The fraction of sp³-hybridized carbons (Fsp3) is 0.133. The van der Waals surface area contributed by atoms with Crippen molar-refractivity contribution in [2.75, 3.05) is 0 Å². The topological polar surface area (TPSA) is 32.9 Å². The molecule has 2 nitrogen and oxygen atoms in total. The summed E-state index contributed by atoms with van der Waals surface area (Å²) >= 11 is 0. The zero-order valence-corrected chi connectivity index (χ0v) is 9.96. The van der Waals surface area contributed by atoms with Crippen molar-refractivity contribution in [2.45, 2.75) is 13.3 Å². The van der Waals surface area contributed by atoms with Gasteiger partial charge >= 0.3 is 0 Å². The van der Waals surface area contributed by atoms with Gasteiger partial charge in [0.25, 0.3) is 5.56 Å². The lowest BCUT2D eigenvalue weighted by Crippen LogP contribution is -2.07. The largest absolute Gasteiger partial charge is 0.321 e. The number of para-hydroxylation sites is 1. The summed E-state index contributed by atoms with van der Waals surface area (Å²) in [5, 5.41) is 2.09. The van der Waals surface area contributed by atoms with Gasteiger partial charge in [-0.25, -0.2) is 4.39 Å². The Labute approximate surface area is 105 Å². The van der Waals surface area contributed by atoms with E-state index in [1.807, 2.05) is 31.2 Å². The SMILES string of the molecule is CCc1cc2c(=O)[nH]c3ccccc3c2cc1F.[HH]. The molecule has 0 saturated heterocycles. The van der Waals surface area contributed by atoms with Crippen LogP contribution in [0.2, 0.25) is 0 Å². The molecule has 1 N–H and O–H groups in total. The lowest BCUT2D eigenvalue weighted by Gasteiger charge is -2.06. The molecule has 3 heteroatoms. The number of rotatable bonds is 1. The highest BCUT2D eigenvalue weighted by atomic mass is 19.1. The number of fused-ring (bicyclic) bond motifs is 3. The summed E-state index contributed by atoms with van der Waals surface area (Å²) in [5.74, 6) is -0.249. The highest BCUT2D eigenvalue weighted by Gasteiger charge is 2.09. The summed E-state index contributed by atoms with van der Waals surface area (Å²) in [6.07, 6.45) is 0.577. The lowest BCUT2D eigenvalue weighted by atomic mass is 10.0. The van der Waals surface area contributed by atoms with E-state index in [4.69, 9.17) is 0 Å².